The van der Waals surface area contributed by atoms with E-state index in [1.54, 1.807) is 43.4 Å². The van der Waals surface area contributed by atoms with Gasteiger partial charge < -0.3 is 15.1 Å². The van der Waals surface area contributed by atoms with Crippen molar-refractivity contribution in [1.82, 2.24) is 19.3 Å². The smallest absolute Gasteiger partial charge is 0.291 e. The molecule has 2 amide bonds. The number of hydrogen-bond donors (Lipinski definition) is 2. The maximum absolute atomic E-state index is 12.4. The number of carbonyl (C=O) groups is 2. The Labute approximate surface area is 163 Å². The van der Waals surface area contributed by atoms with E-state index in [0.717, 1.165) is 0 Å². The largest absolute Gasteiger partial charge is 0.459 e. The third-order valence-electron chi connectivity index (χ3n) is 4.20. The summed E-state index contributed by atoms with van der Waals surface area (Å²) in [6.45, 7) is -0.187. The Morgan fingerprint density at radius 2 is 1.83 bits per heavy atom. The van der Waals surface area contributed by atoms with E-state index in [0.29, 0.717) is 22.4 Å². The molecule has 0 radical (unpaired) electrons. The van der Waals surface area contributed by atoms with Crippen molar-refractivity contribution in [3.8, 4) is 0 Å². The summed E-state index contributed by atoms with van der Waals surface area (Å²) in [4.78, 5) is 40.8. The van der Waals surface area contributed by atoms with Crippen LogP contribution in [-0.2, 0) is 18.4 Å². The molecular weight excluding hydrogens is 376 g/mol. The minimum atomic E-state index is -0.385. The number of nitrogens with one attached hydrogen (secondary N) is 2. The molecule has 0 atom stereocenters. The number of anilines is 2. The van der Waals surface area contributed by atoms with Crippen LogP contribution in [0.4, 0.5) is 11.4 Å². The van der Waals surface area contributed by atoms with Gasteiger partial charge in [0.2, 0.25) is 5.91 Å². The van der Waals surface area contributed by atoms with E-state index in [9.17, 15) is 14.4 Å². The Morgan fingerprint density at radius 3 is 2.52 bits per heavy atom. The fraction of sp³-hybridized carbons (Fsp3) is 0.105. The number of carbonyl (C=O) groups excluding carboxylic acids is 2. The summed E-state index contributed by atoms with van der Waals surface area (Å²) in [5, 5.41) is 9.73. The molecule has 1 aromatic carbocycles. The molecule has 0 saturated heterocycles. The molecule has 0 saturated carbocycles. The highest BCUT2D eigenvalue weighted by Gasteiger charge is 2.12. The van der Waals surface area contributed by atoms with Gasteiger partial charge in [0.05, 0.1) is 12.5 Å². The van der Waals surface area contributed by atoms with E-state index < -0.39 is 0 Å². The fourth-order valence-electron chi connectivity index (χ4n) is 2.77. The first-order valence-electron chi connectivity index (χ1n) is 8.63. The Balaban J connectivity index is 1.40. The van der Waals surface area contributed by atoms with Crippen LogP contribution in [0, 0.1) is 0 Å². The van der Waals surface area contributed by atoms with Crippen molar-refractivity contribution in [2.75, 3.05) is 10.6 Å². The van der Waals surface area contributed by atoms with Gasteiger partial charge in [0.25, 0.3) is 11.5 Å². The predicted octanol–water partition coefficient (Wildman–Crippen LogP) is 1.61. The summed E-state index contributed by atoms with van der Waals surface area (Å²) in [6.07, 6.45) is 4.16. The molecular formula is C19H16N6O4. The van der Waals surface area contributed by atoms with Gasteiger partial charge >= 0.3 is 0 Å². The van der Waals surface area contributed by atoms with Crippen LogP contribution in [0.5, 0.6) is 0 Å². The van der Waals surface area contributed by atoms with Crippen molar-refractivity contribution in [3.63, 3.8) is 0 Å². The van der Waals surface area contributed by atoms with Crippen LogP contribution in [0.25, 0.3) is 11.0 Å². The second-order valence-electron chi connectivity index (χ2n) is 6.24. The number of amides is 2. The Hall–Kier alpha value is -4.21. The number of nitrogens with zero attached hydrogens (tertiary/aromatic N) is 4. The number of rotatable bonds is 5. The van der Waals surface area contributed by atoms with Crippen LogP contribution >= 0.6 is 0 Å². The minimum Gasteiger partial charge on any atom is -0.459 e. The molecule has 10 heteroatoms. The number of aryl methyl sites for hydroxylation is 1. The molecule has 0 aliphatic rings. The zero-order valence-electron chi connectivity index (χ0n) is 15.3. The predicted molar refractivity (Wildman–Crippen MR) is 105 cm³/mol. The molecule has 0 aliphatic heterocycles. The van der Waals surface area contributed by atoms with Gasteiger partial charge in [-0.25, -0.2) is 4.98 Å². The third-order valence-corrected chi connectivity index (χ3v) is 4.20. The highest BCUT2D eigenvalue weighted by Crippen LogP contribution is 2.15. The summed E-state index contributed by atoms with van der Waals surface area (Å²) >= 11 is 0. The van der Waals surface area contributed by atoms with E-state index in [2.05, 4.69) is 20.7 Å². The molecule has 3 aromatic heterocycles. The van der Waals surface area contributed by atoms with E-state index in [1.165, 1.54) is 28.0 Å². The molecule has 0 aliphatic carbocycles. The number of hydrogen-bond acceptors (Lipinski definition) is 6. The lowest BCUT2D eigenvalue weighted by molar-refractivity contribution is -0.116. The number of fused-ring (bicyclic) bond motifs is 1. The highest BCUT2D eigenvalue weighted by molar-refractivity contribution is 6.02. The van der Waals surface area contributed by atoms with Gasteiger partial charge in [0.1, 0.15) is 18.3 Å². The molecule has 0 fully saturated rings. The first-order valence-corrected chi connectivity index (χ1v) is 8.63. The van der Waals surface area contributed by atoms with E-state index in [4.69, 9.17) is 4.42 Å². The highest BCUT2D eigenvalue weighted by atomic mass is 16.3. The van der Waals surface area contributed by atoms with Gasteiger partial charge in [-0.1, -0.05) is 0 Å². The summed E-state index contributed by atoms with van der Waals surface area (Å²) in [5.41, 5.74) is 1.19. The van der Waals surface area contributed by atoms with Crippen molar-refractivity contribution in [2.45, 2.75) is 6.54 Å². The van der Waals surface area contributed by atoms with Crippen LogP contribution in [0.3, 0.4) is 0 Å². The first kappa shape index (κ1) is 18.2. The molecule has 29 heavy (non-hydrogen) atoms. The fourth-order valence-corrected chi connectivity index (χ4v) is 2.77. The average molecular weight is 392 g/mol. The summed E-state index contributed by atoms with van der Waals surface area (Å²) < 4.78 is 7.74. The second-order valence-corrected chi connectivity index (χ2v) is 6.24. The molecule has 2 N–H and O–H groups in total. The molecule has 0 spiro atoms. The monoisotopic (exact) mass is 392 g/mol. The van der Waals surface area contributed by atoms with E-state index >= 15 is 0 Å². The molecule has 0 bridgehead atoms. The van der Waals surface area contributed by atoms with Crippen molar-refractivity contribution in [2.24, 2.45) is 7.05 Å². The lowest BCUT2D eigenvalue weighted by Gasteiger charge is -2.08. The molecule has 4 rings (SSSR count). The molecule has 0 unspecified atom stereocenters. The summed E-state index contributed by atoms with van der Waals surface area (Å²) in [5.74, 6) is -0.555. The number of furan rings is 1. The van der Waals surface area contributed by atoms with Crippen molar-refractivity contribution < 1.29 is 14.0 Å². The first-order chi connectivity index (χ1) is 14.0. The van der Waals surface area contributed by atoms with Crippen molar-refractivity contribution in [1.29, 1.82) is 0 Å². The van der Waals surface area contributed by atoms with Crippen molar-refractivity contribution in [3.05, 3.63) is 71.3 Å². The topological polar surface area (TPSA) is 124 Å². The van der Waals surface area contributed by atoms with Gasteiger partial charge in [-0.05, 0) is 36.4 Å². The lowest BCUT2D eigenvalue weighted by atomic mass is 10.2. The van der Waals surface area contributed by atoms with Crippen LogP contribution in [-0.4, -0.2) is 31.1 Å². The second kappa shape index (κ2) is 7.43. The SMILES string of the molecule is Cn1ncc2c(=O)n(CC(=O)Nc3ccc(NC(=O)c4ccco4)cc3)cnc21. The standard InChI is InChI=1S/C19H16N6O4/c1-24-17-14(9-21-24)19(28)25(11-20-17)10-16(26)22-12-4-6-13(7-5-12)23-18(27)15-3-2-8-29-15/h2-9,11H,10H2,1H3,(H,22,26)(H,23,27). The molecule has 146 valence electrons. The maximum Gasteiger partial charge on any atom is 0.291 e. The number of aromatic nitrogens is 4. The van der Waals surface area contributed by atoms with Crippen LogP contribution < -0.4 is 16.2 Å². The van der Waals surface area contributed by atoms with Crippen LogP contribution in [0.2, 0.25) is 0 Å². The molecule has 4 aromatic rings. The maximum atomic E-state index is 12.4. The Kier molecular flexibility index (Phi) is 4.65. The van der Waals surface area contributed by atoms with Gasteiger partial charge in [0, 0.05) is 18.4 Å². The zero-order chi connectivity index (χ0) is 20.4. The zero-order valence-corrected chi connectivity index (χ0v) is 15.3. The Morgan fingerprint density at radius 1 is 1.10 bits per heavy atom. The summed E-state index contributed by atoms with van der Waals surface area (Å²) in [7, 11) is 1.69. The molecule has 10 nitrogen and oxygen atoms in total. The van der Waals surface area contributed by atoms with Gasteiger partial charge in [-0.15, -0.1) is 0 Å². The van der Waals surface area contributed by atoms with Gasteiger partial charge in [0.15, 0.2) is 11.4 Å². The quantitative estimate of drug-likeness (QED) is 0.532. The van der Waals surface area contributed by atoms with E-state index in [-0.39, 0.29) is 29.7 Å². The van der Waals surface area contributed by atoms with E-state index in [1.807, 2.05) is 0 Å². The van der Waals surface area contributed by atoms with Crippen LogP contribution in [0.15, 0.2) is 64.4 Å². The van der Waals surface area contributed by atoms with Crippen molar-refractivity contribution >= 4 is 34.2 Å². The third kappa shape index (κ3) is 3.76. The number of benzene rings is 1. The molecule has 3 heterocycles. The minimum absolute atomic E-state index is 0.187. The van der Waals surface area contributed by atoms with Gasteiger partial charge in [-0.3, -0.25) is 23.6 Å². The Bertz CT molecular complexity index is 1240. The average Bonchev–Trinajstić information content (AvgIpc) is 3.36. The van der Waals surface area contributed by atoms with Crippen LogP contribution in [0.1, 0.15) is 10.6 Å². The summed E-state index contributed by atoms with van der Waals surface area (Å²) in [6, 6.07) is 9.75. The lowest BCUT2D eigenvalue weighted by Crippen LogP contribution is -2.27. The van der Waals surface area contributed by atoms with Gasteiger partial charge in [-0.2, -0.15) is 5.10 Å². The normalized spacial score (nSPS) is 10.8.